The van der Waals surface area contributed by atoms with Crippen LogP contribution in [-0.2, 0) is 16.2 Å². The molecule has 0 aliphatic rings. The molecule has 36 heavy (non-hydrogen) atoms. The van der Waals surface area contributed by atoms with Crippen molar-refractivity contribution in [2.45, 2.75) is 18.8 Å². The summed E-state index contributed by atoms with van der Waals surface area (Å²) in [5, 5.41) is 21.4. The molecule has 0 atom stereocenters. The predicted molar refractivity (Wildman–Crippen MR) is 132 cm³/mol. The van der Waals surface area contributed by atoms with Gasteiger partial charge in [-0.3, -0.25) is 4.79 Å². The van der Waals surface area contributed by atoms with E-state index in [0.29, 0.717) is 33.7 Å². The first kappa shape index (κ1) is 27.1. The van der Waals surface area contributed by atoms with Gasteiger partial charge in [0.1, 0.15) is 5.75 Å². The minimum atomic E-state index is -1.10. The molecule has 1 aromatic heterocycles. The van der Waals surface area contributed by atoms with Gasteiger partial charge in [0.15, 0.2) is 24.7 Å². The number of carbonyl (C=O) groups excluding carboxylic acids is 1. The zero-order valence-corrected chi connectivity index (χ0v) is 21.1. The van der Waals surface area contributed by atoms with Crippen molar-refractivity contribution in [1.82, 2.24) is 15.6 Å². The number of hydrazone groups is 1. The Hall–Kier alpha value is -3.48. The SMILES string of the molecule is CCOc1cc(/C=N\NC(=O)CSc2nnc(COc3ccc(Cl)cc3Cl)o2)ccc1OCC(=O)O. The Morgan fingerprint density at radius 1 is 1.11 bits per heavy atom. The van der Waals surface area contributed by atoms with Gasteiger partial charge in [-0.2, -0.15) is 5.10 Å². The number of ether oxygens (including phenoxy) is 3. The summed E-state index contributed by atoms with van der Waals surface area (Å²) in [4.78, 5) is 22.8. The lowest BCUT2D eigenvalue weighted by molar-refractivity contribution is -0.139. The summed E-state index contributed by atoms with van der Waals surface area (Å²) >= 11 is 12.9. The van der Waals surface area contributed by atoms with Crippen molar-refractivity contribution in [2.24, 2.45) is 5.10 Å². The Balaban J connectivity index is 1.45. The topological polar surface area (TPSA) is 145 Å². The maximum absolute atomic E-state index is 12.1. The maximum Gasteiger partial charge on any atom is 0.341 e. The number of rotatable bonds is 13. The molecule has 0 saturated heterocycles. The summed E-state index contributed by atoms with van der Waals surface area (Å²) in [7, 11) is 0. The van der Waals surface area contributed by atoms with Gasteiger partial charge in [-0.05, 0) is 48.9 Å². The van der Waals surface area contributed by atoms with Crippen molar-refractivity contribution >= 4 is 53.1 Å². The lowest BCUT2D eigenvalue weighted by Crippen LogP contribution is -2.19. The van der Waals surface area contributed by atoms with E-state index in [9.17, 15) is 9.59 Å². The molecule has 2 aromatic carbocycles. The van der Waals surface area contributed by atoms with E-state index in [2.05, 4.69) is 20.7 Å². The van der Waals surface area contributed by atoms with Crippen LogP contribution in [-0.4, -0.2) is 52.4 Å². The number of benzene rings is 2. The van der Waals surface area contributed by atoms with Crippen LogP contribution in [0.2, 0.25) is 10.0 Å². The lowest BCUT2D eigenvalue weighted by Gasteiger charge is -2.11. The van der Waals surface area contributed by atoms with E-state index in [4.69, 9.17) is 46.9 Å². The molecular formula is C22H20Cl2N4O7S. The third-order valence-electron chi connectivity index (χ3n) is 4.04. The van der Waals surface area contributed by atoms with Crippen molar-refractivity contribution in [3.8, 4) is 17.2 Å². The molecule has 0 spiro atoms. The summed E-state index contributed by atoms with van der Waals surface area (Å²) < 4.78 is 21.6. The average Bonchev–Trinajstić information content (AvgIpc) is 3.30. The van der Waals surface area contributed by atoms with E-state index in [1.807, 2.05) is 0 Å². The van der Waals surface area contributed by atoms with Gasteiger partial charge in [0.05, 0.1) is 23.6 Å². The molecule has 3 aromatic rings. The Morgan fingerprint density at radius 3 is 2.67 bits per heavy atom. The van der Waals surface area contributed by atoms with E-state index < -0.39 is 18.5 Å². The van der Waals surface area contributed by atoms with Crippen LogP contribution in [0.15, 0.2) is 51.1 Å². The van der Waals surface area contributed by atoms with Gasteiger partial charge in [-0.1, -0.05) is 35.0 Å². The molecule has 0 aliphatic carbocycles. The van der Waals surface area contributed by atoms with Crippen LogP contribution >= 0.6 is 35.0 Å². The molecular weight excluding hydrogens is 535 g/mol. The van der Waals surface area contributed by atoms with Crippen LogP contribution in [0.25, 0.3) is 0 Å². The standard InChI is InChI=1S/C22H20Cl2N4O7S/c1-2-32-18-7-13(3-5-17(18)34-11-21(30)31)9-25-26-19(29)12-36-22-28-27-20(35-22)10-33-16-6-4-14(23)8-15(16)24/h3-9H,2,10-12H2,1H3,(H,26,29)(H,30,31)/b25-9-. The second-order valence-electron chi connectivity index (χ2n) is 6.73. The van der Waals surface area contributed by atoms with E-state index in [1.165, 1.54) is 6.21 Å². The van der Waals surface area contributed by atoms with Gasteiger partial charge >= 0.3 is 5.97 Å². The van der Waals surface area contributed by atoms with E-state index >= 15 is 0 Å². The molecule has 2 N–H and O–H groups in total. The summed E-state index contributed by atoms with van der Waals surface area (Å²) in [6.45, 7) is 1.65. The van der Waals surface area contributed by atoms with Crippen LogP contribution in [0.4, 0.5) is 0 Å². The number of amides is 1. The van der Waals surface area contributed by atoms with Crippen LogP contribution in [0.1, 0.15) is 18.4 Å². The number of hydrogen-bond donors (Lipinski definition) is 2. The Morgan fingerprint density at radius 2 is 1.92 bits per heavy atom. The van der Waals surface area contributed by atoms with Crippen molar-refractivity contribution in [3.05, 3.63) is 57.9 Å². The highest BCUT2D eigenvalue weighted by Crippen LogP contribution is 2.29. The van der Waals surface area contributed by atoms with E-state index in [1.54, 1.807) is 43.3 Å². The lowest BCUT2D eigenvalue weighted by atomic mass is 10.2. The fourth-order valence-corrected chi connectivity index (χ4v) is 3.59. The maximum atomic E-state index is 12.1. The fraction of sp³-hybridized carbons (Fsp3) is 0.227. The monoisotopic (exact) mass is 554 g/mol. The molecule has 190 valence electrons. The third kappa shape index (κ3) is 8.63. The van der Waals surface area contributed by atoms with Crippen LogP contribution in [0.5, 0.6) is 17.2 Å². The van der Waals surface area contributed by atoms with E-state index in [-0.39, 0.29) is 29.2 Å². The summed E-state index contributed by atoms with van der Waals surface area (Å²) in [6.07, 6.45) is 1.41. The number of hydrogen-bond acceptors (Lipinski definition) is 10. The molecule has 0 fully saturated rings. The highest BCUT2D eigenvalue weighted by atomic mass is 35.5. The molecule has 3 rings (SSSR count). The molecule has 0 bridgehead atoms. The number of carboxylic acid groups (broad SMARTS) is 1. The number of thioether (sulfide) groups is 1. The number of aromatic nitrogens is 2. The molecule has 11 nitrogen and oxygen atoms in total. The van der Waals surface area contributed by atoms with Gasteiger partial charge in [0.2, 0.25) is 0 Å². The number of nitrogens with one attached hydrogen (secondary N) is 1. The molecule has 0 saturated carbocycles. The quantitative estimate of drug-likeness (QED) is 0.180. The molecule has 14 heteroatoms. The number of aliphatic carboxylic acids is 1. The second kappa shape index (κ2) is 13.6. The number of halogens is 2. The first-order chi connectivity index (χ1) is 17.3. The first-order valence-corrected chi connectivity index (χ1v) is 12.0. The van der Waals surface area contributed by atoms with Crippen molar-refractivity contribution in [1.29, 1.82) is 0 Å². The van der Waals surface area contributed by atoms with Gasteiger partial charge in [-0.15, -0.1) is 10.2 Å². The minimum absolute atomic E-state index is 0.00469. The Kier molecular flexibility index (Phi) is 10.2. The number of nitrogens with zero attached hydrogens (tertiary/aromatic N) is 3. The van der Waals surface area contributed by atoms with Crippen molar-refractivity contribution in [2.75, 3.05) is 19.0 Å². The normalized spacial score (nSPS) is 10.9. The zero-order chi connectivity index (χ0) is 25.9. The summed E-state index contributed by atoms with van der Waals surface area (Å²) in [6, 6.07) is 9.64. The molecule has 0 aliphatic heterocycles. The van der Waals surface area contributed by atoms with E-state index in [0.717, 1.165) is 11.8 Å². The van der Waals surface area contributed by atoms with Crippen LogP contribution in [0, 0.1) is 0 Å². The highest BCUT2D eigenvalue weighted by molar-refractivity contribution is 7.99. The Bertz CT molecular complexity index is 1240. The van der Waals surface area contributed by atoms with Crippen molar-refractivity contribution in [3.63, 3.8) is 0 Å². The smallest absolute Gasteiger partial charge is 0.341 e. The average molecular weight is 555 g/mol. The van der Waals surface area contributed by atoms with Crippen LogP contribution < -0.4 is 19.6 Å². The zero-order valence-electron chi connectivity index (χ0n) is 18.8. The third-order valence-corrected chi connectivity index (χ3v) is 5.39. The molecule has 0 radical (unpaired) electrons. The van der Waals surface area contributed by atoms with Crippen molar-refractivity contribution < 1.29 is 33.3 Å². The highest BCUT2D eigenvalue weighted by Gasteiger charge is 2.12. The Labute approximate surface area is 219 Å². The number of carboxylic acids is 1. The summed E-state index contributed by atoms with van der Waals surface area (Å²) in [5.41, 5.74) is 3.00. The largest absolute Gasteiger partial charge is 0.490 e. The molecule has 0 unspecified atom stereocenters. The first-order valence-electron chi connectivity index (χ1n) is 10.3. The van der Waals surface area contributed by atoms with Crippen LogP contribution in [0.3, 0.4) is 0 Å². The molecule has 1 amide bonds. The number of carbonyl (C=O) groups is 2. The second-order valence-corrected chi connectivity index (χ2v) is 8.50. The summed E-state index contributed by atoms with van der Waals surface area (Å²) in [5.74, 6) is -0.237. The molecule has 1 heterocycles. The van der Waals surface area contributed by atoms with Gasteiger partial charge < -0.3 is 23.7 Å². The van der Waals surface area contributed by atoms with Gasteiger partial charge in [-0.25, -0.2) is 10.2 Å². The van der Waals surface area contributed by atoms with Gasteiger partial charge in [0, 0.05) is 5.02 Å². The van der Waals surface area contributed by atoms with Gasteiger partial charge in [0.25, 0.3) is 17.0 Å². The minimum Gasteiger partial charge on any atom is -0.490 e. The fourth-order valence-electron chi connectivity index (χ4n) is 2.56. The predicted octanol–water partition coefficient (Wildman–Crippen LogP) is 4.06.